The second-order valence-corrected chi connectivity index (χ2v) is 7.46. The number of hydrogen-bond donors (Lipinski definition) is 2. The number of aliphatic hydroxyl groups is 1. The Bertz CT molecular complexity index is 919. The molecule has 0 bridgehead atoms. The van der Waals surface area contributed by atoms with E-state index in [1.54, 1.807) is 18.2 Å². The van der Waals surface area contributed by atoms with Crippen LogP contribution in [0.4, 0.5) is 0 Å². The van der Waals surface area contributed by atoms with Gasteiger partial charge in [0.05, 0.1) is 5.02 Å². The lowest BCUT2D eigenvalue weighted by Gasteiger charge is -2.10. The van der Waals surface area contributed by atoms with Gasteiger partial charge in [-0.2, -0.15) is 0 Å². The maximum Gasteiger partial charge on any atom is 0.242 e. The molecule has 3 aromatic rings. The summed E-state index contributed by atoms with van der Waals surface area (Å²) in [6, 6.07) is 15.4. The van der Waals surface area contributed by atoms with Crippen molar-refractivity contribution >= 4 is 32.6 Å². The Morgan fingerprint density at radius 2 is 1.83 bits per heavy atom. The fourth-order valence-corrected chi connectivity index (χ4v) is 3.94. The first-order valence-corrected chi connectivity index (χ1v) is 9.24. The lowest BCUT2D eigenvalue weighted by molar-refractivity contribution is 0.144. The highest BCUT2D eigenvalue weighted by atomic mass is 35.5. The van der Waals surface area contributed by atoms with Crippen molar-refractivity contribution in [2.45, 2.75) is 17.4 Å². The molecule has 0 radical (unpaired) electrons. The zero-order valence-electron chi connectivity index (χ0n) is 12.6. The van der Waals surface area contributed by atoms with E-state index < -0.39 is 16.1 Å². The number of halogens is 1. The summed E-state index contributed by atoms with van der Waals surface area (Å²) in [4.78, 5) is 0.0184. The molecule has 0 saturated heterocycles. The van der Waals surface area contributed by atoms with E-state index in [4.69, 9.17) is 16.0 Å². The molecule has 0 amide bonds. The summed E-state index contributed by atoms with van der Waals surface area (Å²) in [5.74, 6) is 0.410. The van der Waals surface area contributed by atoms with Gasteiger partial charge in [-0.25, -0.2) is 13.1 Å². The smallest absolute Gasteiger partial charge is 0.242 e. The Balaban J connectivity index is 1.64. The van der Waals surface area contributed by atoms with Gasteiger partial charge in [-0.15, -0.1) is 0 Å². The minimum absolute atomic E-state index is 0.0184. The van der Waals surface area contributed by atoms with Gasteiger partial charge in [0.25, 0.3) is 0 Å². The Hall–Kier alpha value is -1.86. The van der Waals surface area contributed by atoms with E-state index in [2.05, 4.69) is 4.72 Å². The van der Waals surface area contributed by atoms with Crippen molar-refractivity contribution in [2.24, 2.45) is 0 Å². The van der Waals surface area contributed by atoms with Crippen molar-refractivity contribution in [3.8, 4) is 0 Å². The average Bonchev–Trinajstić information content (AvgIpc) is 2.99. The number of rotatable bonds is 6. The minimum atomic E-state index is -3.72. The monoisotopic (exact) mass is 365 g/mol. The molecule has 0 aliphatic carbocycles. The molecule has 1 heterocycles. The molecule has 0 aliphatic rings. The van der Waals surface area contributed by atoms with Crippen molar-refractivity contribution < 1.29 is 17.9 Å². The Kier molecular flexibility index (Phi) is 4.91. The fourth-order valence-electron chi connectivity index (χ4n) is 2.38. The lowest BCUT2D eigenvalue weighted by Crippen LogP contribution is -2.26. The number of para-hydroxylation sites is 1. The maximum atomic E-state index is 12.2. The van der Waals surface area contributed by atoms with Gasteiger partial charge in [-0.3, -0.25) is 0 Å². The molecule has 5 nitrogen and oxygen atoms in total. The van der Waals surface area contributed by atoms with E-state index in [1.165, 1.54) is 12.1 Å². The van der Waals surface area contributed by atoms with Crippen LogP contribution < -0.4 is 4.72 Å². The lowest BCUT2D eigenvalue weighted by atomic mass is 10.2. The maximum absolute atomic E-state index is 12.2. The minimum Gasteiger partial charge on any atom is -0.458 e. The van der Waals surface area contributed by atoms with Gasteiger partial charge in [0.2, 0.25) is 10.0 Å². The molecule has 2 N–H and O–H groups in total. The van der Waals surface area contributed by atoms with Crippen molar-refractivity contribution in [2.75, 3.05) is 6.54 Å². The summed E-state index contributed by atoms with van der Waals surface area (Å²) >= 11 is 5.91. The molecule has 0 aliphatic heterocycles. The number of fused-ring (bicyclic) bond motifs is 1. The van der Waals surface area contributed by atoms with E-state index in [1.807, 2.05) is 24.3 Å². The van der Waals surface area contributed by atoms with Crippen LogP contribution >= 0.6 is 11.6 Å². The van der Waals surface area contributed by atoms with Gasteiger partial charge in [-0.1, -0.05) is 41.9 Å². The van der Waals surface area contributed by atoms with Crippen molar-refractivity contribution in [3.05, 3.63) is 65.4 Å². The highest BCUT2D eigenvalue weighted by Gasteiger charge is 2.19. The average molecular weight is 366 g/mol. The molecule has 0 fully saturated rings. The number of hydrogen-bond acceptors (Lipinski definition) is 4. The molecular formula is C17H16ClNO4S. The first-order chi connectivity index (χ1) is 11.5. The molecule has 1 aromatic heterocycles. The summed E-state index contributed by atoms with van der Waals surface area (Å²) in [5.41, 5.74) is 0.684. The van der Waals surface area contributed by atoms with Crippen LogP contribution in [0.15, 0.2) is 63.9 Å². The second-order valence-electron chi connectivity index (χ2n) is 5.32. The van der Waals surface area contributed by atoms with Crippen LogP contribution in [0.5, 0.6) is 0 Å². The van der Waals surface area contributed by atoms with Crippen LogP contribution in [0.25, 0.3) is 11.0 Å². The predicted octanol–water partition coefficient (Wildman–Crippen LogP) is 3.49. The third-order valence-electron chi connectivity index (χ3n) is 3.61. The van der Waals surface area contributed by atoms with E-state index in [9.17, 15) is 13.5 Å². The van der Waals surface area contributed by atoms with Crippen LogP contribution in [-0.2, 0) is 10.0 Å². The largest absolute Gasteiger partial charge is 0.458 e. The van der Waals surface area contributed by atoms with Crippen LogP contribution in [0.1, 0.15) is 18.3 Å². The van der Waals surface area contributed by atoms with Gasteiger partial charge in [0.1, 0.15) is 22.3 Å². The Morgan fingerprint density at radius 1 is 1.12 bits per heavy atom. The van der Waals surface area contributed by atoms with Gasteiger partial charge in [0.15, 0.2) is 0 Å². The fraction of sp³-hybridized carbons (Fsp3) is 0.176. The molecule has 1 unspecified atom stereocenters. The molecule has 3 rings (SSSR count). The third-order valence-corrected chi connectivity index (χ3v) is 5.57. The van der Waals surface area contributed by atoms with Crippen LogP contribution in [-0.4, -0.2) is 20.1 Å². The Labute approximate surface area is 144 Å². The highest BCUT2D eigenvalue weighted by molar-refractivity contribution is 7.89. The molecule has 2 aromatic carbocycles. The molecule has 7 heteroatoms. The summed E-state index contributed by atoms with van der Waals surface area (Å²) in [5, 5.41) is 11.2. The quantitative estimate of drug-likeness (QED) is 0.700. The number of aliphatic hydroxyl groups excluding tert-OH is 1. The normalized spacial score (nSPS) is 13.2. The summed E-state index contributed by atoms with van der Waals surface area (Å²) in [6.07, 6.45) is -0.713. The molecule has 1 atom stereocenters. The van der Waals surface area contributed by atoms with E-state index in [0.717, 1.165) is 5.39 Å². The first-order valence-electron chi connectivity index (χ1n) is 7.38. The van der Waals surface area contributed by atoms with Gasteiger partial charge in [0, 0.05) is 11.9 Å². The second kappa shape index (κ2) is 6.94. The molecule has 0 saturated carbocycles. The van der Waals surface area contributed by atoms with Crippen molar-refractivity contribution in [1.82, 2.24) is 4.72 Å². The zero-order chi connectivity index (χ0) is 17.2. The number of benzene rings is 2. The Morgan fingerprint density at radius 3 is 2.58 bits per heavy atom. The summed E-state index contributed by atoms with van der Waals surface area (Å²) in [7, 11) is -3.72. The van der Waals surface area contributed by atoms with Crippen molar-refractivity contribution in [3.63, 3.8) is 0 Å². The van der Waals surface area contributed by atoms with Gasteiger partial charge in [-0.05, 0) is 30.7 Å². The predicted molar refractivity (Wildman–Crippen MR) is 92.4 cm³/mol. The molecule has 24 heavy (non-hydrogen) atoms. The standard InChI is InChI=1S/C17H16ClNO4S/c18-13-6-2-4-8-17(13)24(21,22)19-10-9-14(20)16-11-12-5-1-3-7-15(12)23-16/h1-8,11,14,19-20H,9-10H2. The van der Waals surface area contributed by atoms with E-state index in [-0.39, 0.29) is 22.9 Å². The zero-order valence-corrected chi connectivity index (χ0v) is 14.2. The van der Waals surface area contributed by atoms with E-state index >= 15 is 0 Å². The number of sulfonamides is 1. The first kappa shape index (κ1) is 17.0. The van der Waals surface area contributed by atoms with Crippen LogP contribution in [0.2, 0.25) is 5.02 Å². The summed E-state index contributed by atoms with van der Waals surface area (Å²) in [6.45, 7) is 0.0613. The van der Waals surface area contributed by atoms with Gasteiger partial charge < -0.3 is 9.52 Å². The summed E-state index contributed by atoms with van der Waals surface area (Å²) < 4.78 is 32.4. The van der Waals surface area contributed by atoms with Crippen molar-refractivity contribution in [1.29, 1.82) is 0 Å². The number of furan rings is 1. The molecule has 0 spiro atoms. The third kappa shape index (κ3) is 3.62. The topological polar surface area (TPSA) is 79.5 Å². The molecule has 126 valence electrons. The van der Waals surface area contributed by atoms with Crippen LogP contribution in [0, 0.1) is 0 Å². The van der Waals surface area contributed by atoms with E-state index in [0.29, 0.717) is 11.3 Å². The SMILES string of the molecule is O=S(=O)(NCCC(O)c1cc2ccccc2o1)c1ccccc1Cl. The highest BCUT2D eigenvalue weighted by Crippen LogP contribution is 2.25. The molecular weight excluding hydrogens is 350 g/mol. The number of nitrogens with one attached hydrogen (secondary N) is 1. The van der Waals surface area contributed by atoms with Gasteiger partial charge >= 0.3 is 0 Å². The van der Waals surface area contributed by atoms with Crippen LogP contribution in [0.3, 0.4) is 0 Å².